The van der Waals surface area contributed by atoms with Crippen LogP contribution in [0.2, 0.25) is 0 Å². The summed E-state index contributed by atoms with van der Waals surface area (Å²) in [5, 5.41) is 9.38. The molecular formula is C14H18N2O2. The number of hydrogen-bond acceptors (Lipinski definition) is 3. The van der Waals surface area contributed by atoms with E-state index in [2.05, 4.69) is 0 Å². The van der Waals surface area contributed by atoms with E-state index in [-0.39, 0.29) is 17.9 Å². The van der Waals surface area contributed by atoms with Crippen LogP contribution in [0.25, 0.3) is 0 Å². The van der Waals surface area contributed by atoms with Crippen LogP contribution in [0.3, 0.4) is 0 Å². The molecule has 1 heterocycles. The van der Waals surface area contributed by atoms with Gasteiger partial charge in [0.2, 0.25) is 5.91 Å². The Balaban J connectivity index is 1.87. The number of aliphatic hydroxyl groups excluding tert-OH is 1. The first kappa shape index (κ1) is 11.7. The van der Waals surface area contributed by atoms with E-state index in [9.17, 15) is 9.90 Å². The second-order valence-corrected chi connectivity index (χ2v) is 5.48. The van der Waals surface area contributed by atoms with Gasteiger partial charge < -0.3 is 15.7 Å². The van der Waals surface area contributed by atoms with Gasteiger partial charge in [0.15, 0.2) is 0 Å². The largest absolute Gasteiger partial charge is 0.396 e. The number of nitrogens with zero attached hydrogens (tertiary/aromatic N) is 1. The Morgan fingerprint density at radius 2 is 2.17 bits per heavy atom. The van der Waals surface area contributed by atoms with Crippen molar-refractivity contribution >= 4 is 11.6 Å². The molecule has 1 aromatic carbocycles. The van der Waals surface area contributed by atoms with Crippen molar-refractivity contribution in [3.05, 3.63) is 29.3 Å². The molecule has 0 atom stereocenters. The monoisotopic (exact) mass is 246 g/mol. The van der Waals surface area contributed by atoms with Crippen LogP contribution in [-0.4, -0.2) is 24.2 Å². The normalized spacial score (nSPS) is 20.1. The van der Waals surface area contributed by atoms with Crippen LogP contribution in [0, 0.1) is 5.41 Å². The molecule has 0 bridgehead atoms. The van der Waals surface area contributed by atoms with Gasteiger partial charge in [-0.15, -0.1) is 0 Å². The second-order valence-electron chi connectivity index (χ2n) is 5.48. The SMILES string of the molecule is NCc1ccc2c(c1)CC(=O)N2CC1(CO)CC1. The van der Waals surface area contributed by atoms with Crippen LogP contribution in [-0.2, 0) is 17.8 Å². The Morgan fingerprint density at radius 1 is 1.39 bits per heavy atom. The number of carbonyl (C=O) groups excluding carboxylic acids is 1. The summed E-state index contributed by atoms with van der Waals surface area (Å²) < 4.78 is 0. The lowest BCUT2D eigenvalue weighted by Crippen LogP contribution is -2.34. The predicted octanol–water partition coefficient (Wildman–Crippen LogP) is 0.807. The smallest absolute Gasteiger partial charge is 0.231 e. The van der Waals surface area contributed by atoms with E-state index in [1.54, 1.807) is 0 Å². The molecule has 0 spiro atoms. The van der Waals surface area contributed by atoms with Crippen molar-refractivity contribution in [2.75, 3.05) is 18.1 Å². The van der Waals surface area contributed by atoms with E-state index in [1.165, 1.54) is 0 Å². The molecule has 1 fully saturated rings. The van der Waals surface area contributed by atoms with E-state index in [0.717, 1.165) is 29.7 Å². The Hall–Kier alpha value is -1.39. The molecule has 1 amide bonds. The minimum absolute atomic E-state index is 0.0379. The van der Waals surface area contributed by atoms with Crippen LogP contribution in [0.4, 0.5) is 5.69 Å². The average Bonchev–Trinajstić information content (AvgIpc) is 3.10. The minimum atomic E-state index is -0.0379. The summed E-state index contributed by atoms with van der Waals surface area (Å²) in [6, 6.07) is 5.98. The number of carbonyl (C=O) groups is 1. The molecule has 4 nitrogen and oxygen atoms in total. The number of aliphatic hydroxyl groups is 1. The zero-order chi connectivity index (χ0) is 12.8. The van der Waals surface area contributed by atoms with Crippen LogP contribution in [0.15, 0.2) is 18.2 Å². The molecule has 1 aliphatic heterocycles. The molecule has 2 aliphatic rings. The third-order valence-corrected chi connectivity index (χ3v) is 4.10. The van der Waals surface area contributed by atoms with Gasteiger partial charge in [-0.25, -0.2) is 0 Å². The van der Waals surface area contributed by atoms with Gasteiger partial charge in [-0.05, 0) is 30.0 Å². The highest BCUT2D eigenvalue weighted by Crippen LogP contribution is 2.47. The first-order valence-corrected chi connectivity index (χ1v) is 6.40. The Kier molecular flexibility index (Phi) is 2.64. The van der Waals surface area contributed by atoms with Gasteiger partial charge in [-0.1, -0.05) is 12.1 Å². The molecule has 3 N–H and O–H groups in total. The van der Waals surface area contributed by atoms with Crippen molar-refractivity contribution in [3.63, 3.8) is 0 Å². The van der Waals surface area contributed by atoms with Gasteiger partial charge in [-0.3, -0.25) is 4.79 Å². The molecule has 0 aromatic heterocycles. The van der Waals surface area contributed by atoms with Crippen LogP contribution >= 0.6 is 0 Å². The number of anilines is 1. The molecule has 1 aromatic rings. The molecule has 4 heteroatoms. The lowest BCUT2D eigenvalue weighted by molar-refractivity contribution is -0.117. The Labute approximate surface area is 106 Å². The fraction of sp³-hybridized carbons (Fsp3) is 0.500. The maximum atomic E-state index is 12.1. The summed E-state index contributed by atoms with van der Waals surface area (Å²) in [6.07, 6.45) is 2.50. The van der Waals surface area contributed by atoms with Crippen molar-refractivity contribution in [1.29, 1.82) is 0 Å². The van der Waals surface area contributed by atoms with Crippen molar-refractivity contribution in [3.8, 4) is 0 Å². The van der Waals surface area contributed by atoms with E-state index in [0.29, 0.717) is 19.5 Å². The molecule has 18 heavy (non-hydrogen) atoms. The summed E-state index contributed by atoms with van der Waals surface area (Å²) in [6.45, 7) is 1.33. The lowest BCUT2D eigenvalue weighted by Gasteiger charge is -2.23. The van der Waals surface area contributed by atoms with Crippen LogP contribution < -0.4 is 10.6 Å². The lowest BCUT2D eigenvalue weighted by atomic mass is 10.1. The van der Waals surface area contributed by atoms with Gasteiger partial charge in [0.25, 0.3) is 0 Å². The number of hydrogen-bond donors (Lipinski definition) is 2. The first-order chi connectivity index (χ1) is 8.67. The highest BCUT2D eigenvalue weighted by Gasteiger charge is 2.45. The summed E-state index contributed by atoms with van der Waals surface area (Å²) >= 11 is 0. The molecule has 3 rings (SSSR count). The van der Waals surface area contributed by atoms with Crippen molar-refractivity contribution in [1.82, 2.24) is 0 Å². The van der Waals surface area contributed by atoms with E-state index >= 15 is 0 Å². The fourth-order valence-corrected chi connectivity index (χ4v) is 2.62. The summed E-state index contributed by atoms with van der Waals surface area (Å²) in [5.74, 6) is 0.138. The second kappa shape index (κ2) is 4.07. The molecule has 1 saturated carbocycles. The fourth-order valence-electron chi connectivity index (χ4n) is 2.62. The van der Waals surface area contributed by atoms with Crippen molar-refractivity contribution in [2.45, 2.75) is 25.8 Å². The Bertz CT molecular complexity index is 495. The number of nitrogens with two attached hydrogens (primary N) is 1. The van der Waals surface area contributed by atoms with Crippen molar-refractivity contribution in [2.24, 2.45) is 11.1 Å². The zero-order valence-corrected chi connectivity index (χ0v) is 10.4. The van der Waals surface area contributed by atoms with Crippen LogP contribution in [0.5, 0.6) is 0 Å². The number of rotatable bonds is 4. The maximum absolute atomic E-state index is 12.1. The van der Waals surface area contributed by atoms with Gasteiger partial charge in [0, 0.05) is 24.2 Å². The third kappa shape index (κ3) is 1.82. The number of amides is 1. The maximum Gasteiger partial charge on any atom is 0.231 e. The molecule has 0 radical (unpaired) electrons. The first-order valence-electron chi connectivity index (χ1n) is 6.40. The highest BCUT2D eigenvalue weighted by atomic mass is 16.3. The standard InChI is InChI=1S/C14H18N2O2/c15-7-10-1-2-12-11(5-10)6-13(18)16(12)8-14(9-17)3-4-14/h1-2,5,17H,3-4,6-9,15H2. The van der Waals surface area contributed by atoms with Gasteiger partial charge in [0.05, 0.1) is 13.0 Å². The number of fused-ring (bicyclic) bond motifs is 1. The van der Waals surface area contributed by atoms with Gasteiger partial charge in [-0.2, -0.15) is 0 Å². The third-order valence-electron chi connectivity index (χ3n) is 4.10. The van der Waals surface area contributed by atoms with E-state index in [1.807, 2.05) is 23.1 Å². The average molecular weight is 246 g/mol. The predicted molar refractivity (Wildman–Crippen MR) is 69.1 cm³/mol. The van der Waals surface area contributed by atoms with E-state index < -0.39 is 0 Å². The molecule has 0 unspecified atom stereocenters. The molecule has 96 valence electrons. The van der Waals surface area contributed by atoms with Gasteiger partial charge >= 0.3 is 0 Å². The summed E-state index contributed by atoms with van der Waals surface area (Å²) in [7, 11) is 0. The van der Waals surface area contributed by atoms with E-state index in [4.69, 9.17) is 5.73 Å². The summed E-state index contributed by atoms with van der Waals surface area (Å²) in [4.78, 5) is 13.9. The minimum Gasteiger partial charge on any atom is -0.396 e. The highest BCUT2D eigenvalue weighted by molar-refractivity contribution is 6.01. The zero-order valence-electron chi connectivity index (χ0n) is 10.4. The Morgan fingerprint density at radius 3 is 2.78 bits per heavy atom. The quantitative estimate of drug-likeness (QED) is 0.826. The number of benzene rings is 1. The molecule has 1 aliphatic carbocycles. The van der Waals surface area contributed by atoms with Crippen molar-refractivity contribution < 1.29 is 9.90 Å². The summed E-state index contributed by atoms with van der Waals surface area (Å²) in [5.41, 5.74) is 8.70. The molecule has 0 saturated heterocycles. The molecular weight excluding hydrogens is 228 g/mol. The van der Waals surface area contributed by atoms with Gasteiger partial charge in [0.1, 0.15) is 0 Å². The van der Waals surface area contributed by atoms with Crippen LogP contribution in [0.1, 0.15) is 24.0 Å². The topological polar surface area (TPSA) is 66.6 Å².